The van der Waals surface area contributed by atoms with Crippen molar-refractivity contribution >= 4 is 17.2 Å². The number of pyridine rings is 1. The Morgan fingerprint density at radius 2 is 2.27 bits per heavy atom. The zero-order valence-electron chi connectivity index (χ0n) is 12.3. The molecule has 2 bridgehead atoms. The third kappa shape index (κ3) is 2.64. The molecule has 2 unspecified atom stereocenters. The molecule has 1 amide bonds. The maximum atomic E-state index is 12.6. The zero-order valence-corrected chi connectivity index (χ0v) is 13.1. The highest BCUT2D eigenvalue weighted by Crippen LogP contribution is 2.24. The molecule has 4 heterocycles. The Kier molecular flexibility index (Phi) is 3.63. The monoisotopic (exact) mass is 314 g/mol. The van der Waals surface area contributed by atoms with Gasteiger partial charge in [-0.2, -0.15) is 0 Å². The van der Waals surface area contributed by atoms with Gasteiger partial charge in [0.2, 0.25) is 5.91 Å². The fraction of sp³-hybridized carbons (Fsp3) is 0.438. The van der Waals surface area contributed by atoms with Crippen molar-refractivity contribution in [2.24, 2.45) is 0 Å². The lowest BCUT2D eigenvalue weighted by atomic mass is 10.1. The van der Waals surface area contributed by atoms with E-state index < -0.39 is 0 Å². The van der Waals surface area contributed by atoms with E-state index in [1.807, 2.05) is 23.6 Å². The molecule has 0 spiro atoms. The highest BCUT2D eigenvalue weighted by atomic mass is 32.1. The number of rotatable bonds is 3. The Hall–Kier alpha value is -1.79. The molecule has 0 saturated carbocycles. The smallest absolute Gasteiger partial charge is 0.228 e. The number of hydrogen-bond acceptors (Lipinski definition) is 5. The molecule has 2 saturated heterocycles. The van der Waals surface area contributed by atoms with Crippen molar-refractivity contribution in [3.63, 3.8) is 0 Å². The maximum Gasteiger partial charge on any atom is 0.228 e. The molecule has 0 aliphatic carbocycles. The van der Waals surface area contributed by atoms with Crippen LogP contribution in [-0.4, -0.2) is 57.9 Å². The molecule has 0 radical (unpaired) electrons. The SMILES string of the molecule is O=C(Cc1csc(-c2ccccn2)n1)N1CCN2CCC1C2. The Balaban J connectivity index is 1.45. The van der Waals surface area contributed by atoms with Crippen LogP contribution in [0.3, 0.4) is 0 Å². The molecule has 2 aliphatic heterocycles. The van der Waals surface area contributed by atoms with Gasteiger partial charge < -0.3 is 4.90 Å². The molecule has 114 valence electrons. The van der Waals surface area contributed by atoms with Crippen LogP contribution in [0.2, 0.25) is 0 Å². The van der Waals surface area contributed by atoms with E-state index in [1.165, 1.54) is 0 Å². The molecule has 2 atom stereocenters. The lowest BCUT2D eigenvalue weighted by Crippen LogP contribution is -2.50. The summed E-state index contributed by atoms with van der Waals surface area (Å²) in [6.45, 7) is 4.05. The van der Waals surface area contributed by atoms with E-state index in [9.17, 15) is 4.79 Å². The van der Waals surface area contributed by atoms with E-state index in [0.717, 1.165) is 49.0 Å². The minimum absolute atomic E-state index is 0.212. The quantitative estimate of drug-likeness (QED) is 0.864. The lowest BCUT2D eigenvalue weighted by molar-refractivity contribution is -0.133. The molecule has 0 N–H and O–H groups in total. The molecule has 5 nitrogen and oxygen atoms in total. The number of fused-ring (bicyclic) bond motifs is 2. The second-order valence-corrected chi connectivity index (χ2v) is 6.72. The van der Waals surface area contributed by atoms with Gasteiger partial charge in [0.25, 0.3) is 0 Å². The van der Waals surface area contributed by atoms with Gasteiger partial charge in [0, 0.05) is 43.8 Å². The van der Waals surface area contributed by atoms with Gasteiger partial charge >= 0.3 is 0 Å². The van der Waals surface area contributed by atoms with Crippen LogP contribution < -0.4 is 0 Å². The maximum absolute atomic E-state index is 12.6. The summed E-state index contributed by atoms with van der Waals surface area (Å²) in [4.78, 5) is 25.9. The summed E-state index contributed by atoms with van der Waals surface area (Å²) in [6.07, 6.45) is 3.28. The Morgan fingerprint density at radius 3 is 3.14 bits per heavy atom. The first-order chi connectivity index (χ1) is 10.8. The van der Waals surface area contributed by atoms with Crippen molar-refractivity contribution in [2.45, 2.75) is 18.9 Å². The highest BCUT2D eigenvalue weighted by Gasteiger charge is 2.34. The summed E-state index contributed by atoms with van der Waals surface area (Å²) in [5.74, 6) is 0.212. The summed E-state index contributed by atoms with van der Waals surface area (Å²) in [5, 5.41) is 2.86. The van der Waals surface area contributed by atoms with Gasteiger partial charge in [0.15, 0.2) is 0 Å². The summed E-state index contributed by atoms with van der Waals surface area (Å²) in [6, 6.07) is 6.20. The van der Waals surface area contributed by atoms with Crippen LogP contribution in [0.1, 0.15) is 12.1 Å². The predicted octanol–water partition coefficient (Wildman–Crippen LogP) is 1.66. The molecule has 22 heavy (non-hydrogen) atoms. The second-order valence-electron chi connectivity index (χ2n) is 5.87. The highest BCUT2D eigenvalue weighted by molar-refractivity contribution is 7.13. The summed E-state index contributed by atoms with van der Waals surface area (Å²) in [7, 11) is 0. The van der Waals surface area contributed by atoms with Gasteiger partial charge in [-0.25, -0.2) is 4.98 Å². The van der Waals surface area contributed by atoms with Crippen LogP contribution >= 0.6 is 11.3 Å². The molecular weight excluding hydrogens is 296 g/mol. The Labute approximate surface area is 133 Å². The van der Waals surface area contributed by atoms with E-state index in [1.54, 1.807) is 17.5 Å². The van der Waals surface area contributed by atoms with Crippen molar-refractivity contribution in [1.29, 1.82) is 0 Å². The fourth-order valence-corrected chi connectivity index (χ4v) is 4.08. The fourth-order valence-electron chi connectivity index (χ4n) is 3.28. The molecular formula is C16H18N4OS. The van der Waals surface area contributed by atoms with Gasteiger partial charge in [0.05, 0.1) is 17.8 Å². The third-order valence-corrected chi connectivity index (χ3v) is 5.35. The van der Waals surface area contributed by atoms with Crippen molar-refractivity contribution in [3.8, 4) is 10.7 Å². The van der Waals surface area contributed by atoms with Crippen LogP contribution in [0.5, 0.6) is 0 Å². The van der Waals surface area contributed by atoms with Crippen LogP contribution in [0.15, 0.2) is 29.8 Å². The molecule has 2 fully saturated rings. The number of carbonyl (C=O) groups is 1. The summed E-state index contributed by atoms with van der Waals surface area (Å²) >= 11 is 1.55. The topological polar surface area (TPSA) is 49.3 Å². The van der Waals surface area contributed by atoms with E-state index in [-0.39, 0.29) is 5.91 Å². The molecule has 2 aromatic heterocycles. The van der Waals surface area contributed by atoms with Gasteiger partial charge in [-0.3, -0.25) is 14.7 Å². The molecule has 6 heteroatoms. The van der Waals surface area contributed by atoms with Crippen LogP contribution in [0.4, 0.5) is 0 Å². The number of hydrogen-bond donors (Lipinski definition) is 0. The number of carbonyl (C=O) groups excluding carboxylic acids is 1. The molecule has 2 aromatic rings. The number of aromatic nitrogens is 2. The second kappa shape index (κ2) is 5.78. The minimum atomic E-state index is 0.212. The first kappa shape index (κ1) is 13.8. The first-order valence-corrected chi connectivity index (χ1v) is 8.55. The number of piperazine rings is 1. The van der Waals surface area contributed by atoms with Gasteiger partial charge in [-0.05, 0) is 18.6 Å². The zero-order chi connectivity index (χ0) is 14.9. The van der Waals surface area contributed by atoms with Crippen molar-refractivity contribution in [2.75, 3.05) is 26.2 Å². The lowest BCUT2D eigenvalue weighted by Gasteiger charge is -2.34. The van der Waals surface area contributed by atoms with Crippen LogP contribution in [0.25, 0.3) is 10.7 Å². The summed E-state index contributed by atoms with van der Waals surface area (Å²) < 4.78 is 0. The standard InChI is InChI=1S/C16H18N4OS/c21-15(20-8-7-19-6-4-13(20)10-19)9-12-11-22-16(18-12)14-3-1-2-5-17-14/h1-3,5,11,13H,4,6-10H2. The van der Waals surface area contributed by atoms with Gasteiger partial charge in [-0.1, -0.05) is 6.07 Å². The van der Waals surface area contributed by atoms with E-state index >= 15 is 0 Å². The summed E-state index contributed by atoms with van der Waals surface area (Å²) in [5.41, 5.74) is 1.73. The largest absolute Gasteiger partial charge is 0.337 e. The van der Waals surface area contributed by atoms with Crippen LogP contribution in [-0.2, 0) is 11.2 Å². The average Bonchev–Trinajstić information content (AvgIpc) is 3.16. The van der Waals surface area contributed by atoms with E-state index in [0.29, 0.717) is 12.5 Å². The first-order valence-electron chi connectivity index (χ1n) is 7.67. The van der Waals surface area contributed by atoms with E-state index in [4.69, 9.17) is 0 Å². The minimum Gasteiger partial charge on any atom is -0.337 e. The number of amides is 1. The van der Waals surface area contributed by atoms with Crippen molar-refractivity contribution < 1.29 is 4.79 Å². The molecule has 0 aromatic carbocycles. The van der Waals surface area contributed by atoms with Gasteiger partial charge in [-0.15, -0.1) is 11.3 Å². The Morgan fingerprint density at radius 1 is 1.32 bits per heavy atom. The van der Waals surface area contributed by atoms with Crippen LogP contribution in [0, 0.1) is 0 Å². The molecule has 2 aliphatic rings. The molecule has 4 rings (SSSR count). The normalized spacial score (nSPS) is 23.7. The number of thiazole rings is 1. The average molecular weight is 314 g/mol. The van der Waals surface area contributed by atoms with E-state index in [2.05, 4.69) is 19.8 Å². The Bertz CT molecular complexity index is 672. The van der Waals surface area contributed by atoms with Gasteiger partial charge in [0.1, 0.15) is 5.01 Å². The third-order valence-electron chi connectivity index (χ3n) is 4.43. The van der Waals surface area contributed by atoms with Crippen molar-refractivity contribution in [1.82, 2.24) is 19.8 Å². The van der Waals surface area contributed by atoms with Crippen molar-refractivity contribution in [3.05, 3.63) is 35.5 Å². The predicted molar refractivity (Wildman–Crippen MR) is 85.6 cm³/mol. The number of nitrogens with zero attached hydrogens (tertiary/aromatic N) is 4.